The van der Waals surface area contributed by atoms with Gasteiger partial charge in [0.15, 0.2) is 0 Å². The molecule has 4 atom stereocenters. The highest BCUT2D eigenvalue weighted by atomic mass is 16.5. The van der Waals surface area contributed by atoms with Crippen molar-refractivity contribution >= 4 is 5.91 Å². The van der Waals surface area contributed by atoms with Crippen molar-refractivity contribution in [1.82, 2.24) is 0 Å². The van der Waals surface area contributed by atoms with E-state index < -0.39 is 17.6 Å². The Hall–Kier alpha value is -2.57. The van der Waals surface area contributed by atoms with Gasteiger partial charge in [0.25, 0.3) is 0 Å². The molecule has 2 heterocycles. The van der Waals surface area contributed by atoms with Crippen molar-refractivity contribution in [1.29, 1.82) is 0 Å². The molecule has 0 radical (unpaired) electrons. The number of primary amides is 1. The number of carbonyl (C=O) groups excluding carboxylic acids is 1. The standard InChI is InChI=1S/C23H27NO5/c1-23(2)21(25)19(16-6-4-5-7-18(16)29-23)20-15(12-27-3)11-14-10-13(22(24)26)8-9-17(14)28-20/h4-10,15,19-21,25H,11-12H2,1-3H3,(H2,24,26)/t15?,19-,20?,21-/m0/s1. The predicted molar refractivity (Wildman–Crippen MR) is 108 cm³/mol. The Morgan fingerprint density at radius 3 is 2.72 bits per heavy atom. The number of fused-ring (bicyclic) bond motifs is 2. The molecule has 3 N–H and O–H groups in total. The summed E-state index contributed by atoms with van der Waals surface area (Å²) in [6.07, 6.45) is -0.392. The van der Waals surface area contributed by atoms with Gasteiger partial charge in [0.1, 0.15) is 29.3 Å². The number of rotatable bonds is 4. The lowest BCUT2D eigenvalue weighted by molar-refractivity contribution is -0.0934. The van der Waals surface area contributed by atoms with Gasteiger partial charge in [-0.05, 0) is 50.1 Å². The number of benzene rings is 2. The number of nitrogens with two attached hydrogens (primary N) is 1. The summed E-state index contributed by atoms with van der Waals surface area (Å²) in [6, 6.07) is 13.0. The average Bonchev–Trinajstić information content (AvgIpc) is 2.68. The fourth-order valence-electron chi connectivity index (χ4n) is 4.53. The lowest BCUT2D eigenvalue weighted by Crippen LogP contribution is -2.55. The van der Waals surface area contributed by atoms with Crippen LogP contribution in [-0.4, -0.2) is 42.5 Å². The second-order valence-electron chi connectivity index (χ2n) is 8.40. The van der Waals surface area contributed by atoms with E-state index in [4.69, 9.17) is 19.9 Å². The zero-order valence-corrected chi connectivity index (χ0v) is 16.9. The summed E-state index contributed by atoms with van der Waals surface area (Å²) in [7, 11) is 1.66. The molecule has 2 aliphatic heterocycles. The summed E-state index contributed by atoms with van der Waals surface area (Å²) in [5.74, 6) is 0.730. The molecule has 2 aliphatic rings. The topological polar surface area (TPSA) is 91.0 Å². The van der Waals surface area contributed by atoms with E-state index in [0.717, 1.165) is 16.9 Å². The van der Waals surface area contributed by atoms with Gasteiger partial charge in [0.2, 0.25) is 5.91 Å². The molecule has 0 saturated carbocycles. The predicted octanol–water partition coefficient (Wildman–Crippen LogP) is 2.67. The Balaban J connectivity index is 1.77. The quantitative estimate of drug-likeness (QED) is 0.828. The molecule has 0 spiro atoms. The van der Waals surface area contributed by atoms with E-state index in [-0.39, 0.29) is 17.9 Å². The van der Waals surface area contributed by atoms with Crippen LogP contribution in [0.15, 0.2) is 42.5 Å². The lowest BCUT2D eigenvalue weighted by atomic mass is 9.73. The third kappa shape index (κ3) is 3.47. The van der Waals surface area contributed by atoms with Crippen LogP contribution in [-0.2, 0) is 11.2 Å². The number of methoxy groups -OCH3 is 1. The first-order valence-electron chi connectivity index (χ1n) is 9.86. The van der Waals surface area contributed by atoms with Crippen molar-refractivity contribution in [3.05, 3.63) is 59.2 Å². The van der Waals surface area contributed by atoms with Crippen LogP contribution in [0.2, 0.25) is 0 Å². The summed E-state index contributed by atoms with van der Waals surface area (Å²) in [5, 5.41) is 11.2. The lowest BCUT2D eigenvalue weighted by Gasteiger charge is -2.47. The maximum Gasteiger partial charge on any atom is 0.248 e. The molecule has 0 bridgehead atoms. The molecule has 6 heteroatoms. The van der Waals surface area contributed by atoms with E-state index in [1.165, 1.54) is 0 Å². The monoisotopic (exact) mass is 397 g/mol. The van der Waals surface area contributed by atoms with Crippen LogP contribution in [0.1, 0.15) is 41.3 Å². The van der Waals surface area contributed by atoms with Crippen LogP contribution in [0, 0.1) is 5.92 Å². The van der Waals surface area contributed by atoms with Crippen molar-refractivity contribution in [3.8, 4) is 11.5 Å². The molecular weight excluding hydrogens is 370 g/mol. The van der Waals surface area contributed by atoms with E-state index in [1.54, 1.807) is 25.3 Å². The SMILES string of the molecule is COCC1Cc2cc(C(N)=O)ccc2OC1[C@@H]1c2ccccc2OC(C)(C)[C@H]1O. The Kier molecular flexibility index (Phi) is 5.00. The van der Waals surface area contributed by atoms with Gasteiger partial charge in [-0.25, -0.2) is 0 Å². The van der Waals surface area contributed by atoms with Gasteiger partial charge in [0.05, 0.1) is 12.5 Å². The average molecular weight is 397 g/mol. The van der Waals surface area contributed by atoms with Crippen molar-refractivity contribution < 1.29 is 24.1 Å². The van der Waals surface area contributed by atoms with E-state index in [9.17, 15) is 9.90 Å². The van der Waals surface area contributed by atoms with Gasteiger partial charge < -0.3 is 25.1 Å². The van der Waals surface area contributed by atoms with E-state index in [2.05, 4.69) is 0 Å². The zero-order chi connectivity index (χ0) is 20.8. The maximum absolute atomic E-state index is 11.6. The van der Waals surface area contributed by atoms with Crippen LogP contribution < -0.4 is 15.2 Å². The highest BCUT2D eigenvalue weighted by Gasteiger charge is 2.50. The molecular formula is C23H27NO5. The molecule has 29 heavy (non-hydrogen) atoms. The van der Waals surface area contributed by atoms with Crippen LogP contribution in [0.25, 0.3) is 0 Å². The summed E-state index contributed by atoms with van der Waals surface area (Å²) in [6.45, 7) is 4.25. The minimum atomic E-state index is -0.756. The first-order valence-corrected chi connectivity index (χ1v) is 9.86. The molecule has 0 aromatic heterocycles. The third-order valence-corrected chi connectivity index (χ3v) is 5.99. The van der Waals surface area contributed by atoms with E-state index >= 15 is 0 Å². The van der Waals surface area contributed by atoms with E-state index in [1.807, 2.05) is 38.1 Å². The fraction of sp³-hybridized carbons (Fsp3) is 0.435. The van der Waals surface area contributed by atoms with Crippen molar-refractivity contribution in [2.24, 2.45) is 11.7 Å². The highest BCUT2D eigenvalue weighted by molar-refractivity contribution is 5.93. The Morgan fingerprint density at radius 2 is 2.00 bits per heavy atom. The summed E-state index contributed by atoms with van der Waals surface area (Å²) in [4.78, 5) is 11.6. The number of hydrogen-bond acceptors (Lipinski definition) is 5. The molecule has 0 saturated heterocycles. The third-order valence-electron chi connectivity index (χ3n) is 5.99. The minimum absolute atomic E-state index is 0.00256. The first-order chi connectivity index (χ1) is 13.8. The van der Waals surface area contributed by atoms with Gasteiger partial charge in [-0.3, -0.25) is 4.79 Å². The molecule has 6 nitrogen and oxygen atoms in total. The summed E-state index contributed by atoms with van der Waals surface area (Å²) < 4.78 is 18.0. The van der Waals surface area contributed by atoms with Gasteiger partial charge in [-0.15, -0.1) is 0 Å². The van der Waals surface area contributed by atoms with Crippen LogP contribution in [0.5, 0.6) is 11.5 Å². The highest BCUT2D eigenvalue weighted by Crippen LogP contribution is 2.47. The second-order valence-corrected chi connectivity index (χ2v) is 8.40. The van der Waals surface area contributed by atoms with Gasteiger partial charge in [-0.2, -0.15) is 0 Å². The molecule has 2 unspecified atom stereocenters. The Labute approximate surface area is 170 Å². The molecule has 2 aromatic carbocycles. The largest absolute Gasteiger partial charge is 0.489 e. The Morgan fingerprint density at radius 1 is 1.24 bits per heavy atom. The number of para-hydroxylation sites is 1. The number of hydrogen-bond donors (Lipinski definition) is 2. The Bertz CT molecular complexity index is 925. The first kappa shape index (κ1) is 19.7. The minimum Gasteiger partial charge on any atom is -0.489 e. The van der Waals surface area contributed by atoms with Crippen molar-refractivity contribution in [2.45, 2.75) is 44.0 Å². The number of carbonyl (C=O) groups is 1. The smallest absolute Gasteiger partial charge is 0.248 e. The van der Waals surface area contributed by atoms with Crippen molar-refractivity contribution in [2.75, 3.05) is 13.7 Å². The fourth-order valence-corrected chi connectivity index (χ4v) is 4.53. The van der Waals surface area contributed by atoms with Gasteiger partial charge in [0, 0.05) is 24.2 Å². The van der Waals surface area contributed by atoms with Crippen LogP contribution >= 0.6 is 0 Å². The maximum atomic E-state index is 11.6. The molecule has 2 aromatic rings. The zero-order valence-electron chi connectivity index (χ0n) is 16.9. The second kappa shape index (κ2) is 7.35. The molecule has 1 amide bonds. The number of ether oxygens (including phenoxy) is 3. The van der Waals surface area contributed by atoms with Gasteiger partial charge in [-0.1, -0.05) is 18.2 Å². The van der Waals surface area contributed by atoms with Crippen LogP contribution in [0.3, 0.4) is 0 Å². The molecule has 154 valence electrons. The summed E-state index contributed by atoms with van der Waals surface area (Å²) in [5.41, 5.74) is 7.00. The van der Waals surface area contributed by atoms with E-state index in [0.29, 0.717) is 24.3 Å². The van der Waals surface area contributed by atoms with Crippen LogP contribution in [0.4, 0.5) is 0 Å². The number of aliphatic hydroxyl groups excluding tert-OH is 1. The number of amides is 1. The molecule has 0 aliphatic carbocycles. The summed E-state index contributed by atoms with van der Waals surface area (Å²) >= 11 is 0. The molecule has 4 rings (SSSR count). The number of aliphatic hydroxyl groups is 1. The normalized spacial score (nSPS) is 27.2. The van der Waals surface area contributed by atoms with Crippen molar-refractivity contribution in [3.63, 3.8) is 0 Å². The van der Waals surface area contributed by atoms with Gasteiger partial charge >= 0.3 is 0 Å². The molecule has 0 fully saturated rings.